The summed E-state index contributed by atoms with van der Waals surface area (Å²) in [6.45, 7) is 11.5. The molecule has 0 saturated carbocycles. The van der Waals surface area contributed by atoms with E-state index in [1.54, 1.807) is 12.0 Å². The molecule has 0 bridgehead atoms. The van der Waals surface area contributed by atoms with Gasteiger partial charge in [-0.2, -0.15) is 0 Å². The quantitative estimate of drug-likeness (QED) is 0.187. The van der Waals surface area contributed by atoms with E-state index >= 15 is 0 Å². The number of carbonyl (C=O) groups excluding carboxylic acids is 2. The summed E-state index contributed by atoms with van der Waals surface area (Å²) in [6.07, 6.45) is 4.62. The van der Waals surface area contributed by atoms with Gasteiger partial charge in [0.2, 0.25) is 5.91 Å². The maximum absolute atomic E-state index is 13.7. The first-order chi connectivity index (χ1) is 19.1. The second-order valence-corrected chi connectivity index (χ2v) is 12.2. The fraction of sp³-hybridized carbons (Fsp3) is 0.455. The molecule has 3 aromatic rings. The number of methoxy groups -OCH3 is 1. The van der Waals surface area contributed by atoms with Crippen LogP contribution in [0.4, 0.5) is 0 Å². The fourth-order valence-corrected chi connectivity index (χ4v) is 4.85. The van der Waals surface area contributed by atoms with Gasteiger partial charge in [-0.05, 0) is 65.8 Å². The van der Waals surface area contributed by atoms with Crippen LogP contribution in [0.1, 0.15) is 74.1 Å². The van der Waals surface area contributed by atoms with Crippen molar-refractivity contribution in [3.8, 4) is 0 Å². The number of nitrogens with zero attached hydrogens (tertiary/aromatic N) is 3. The second kappa shape index (κ2) is 15.2. The first-order valence-electron chi connectivity index (χ1n) is 14.2. The van der Waals surface area contributed by atoms with Crippen molar-refractivity contribution < 1.29 is 14.3 Å². The molecule has 216 valence electrons. The highest BCUT2D eigenvalue weighted by atomic mass is 79.9. The molecule has 0 radical (unpaired) electrons. The maximum Gasteiger partial charge on any atom is 0.254 e. The zero-order valence-electron chi connectivity index (χ0n) is 24.7. The number of benzene rings is 2. The van der Waals surface area contributed by atoms with Gasteiger partial charge >= 0.3 is 0 Å². The molecule has 0 spiro atoms. The minimum Gasteiger partial charge on any atom is -0.385 e. The lowest BCUT2D eigenvalue weighted by atomic mass is 9.86. The van der Waals surface area contributed by atoms with Gasteiger partial charge in [-0.1, -0.05) is 74.3 Å². The molecule has 40 heavy (non-hydrogen) atoms. The van der Waals surface area contributed by atoms with Crippen molar-refractivity contribution in [2.45, 2.75) is 65.5 Å². The zero-order chi connectivity index (χ0) is 29.1. The third-order valence-corrected chi connectivity index (χ3v) is 7.59. The van der Waals surface area contributed by atoms with Crippen LogP contribution >= 0.6 is 15.9 Å². The summed E-state index contributed by atoms with van der Waals surface area (Å²) in [5.74, 6) is -0.166. The van der Waals surface area contributed by atoms with E-state index in [9.17, 15) is 9.59 Å². The molecular weight excluding hydrogens is 566 g/mol. The lowest BCUT2D eigenvalue weighted by Crippen LogP contribution is -2.44. The number of carbonyl (C=O) groups is 2. The minimum absolute atomic E-state index is 0.00446. The molecule has 0 saturated heterocycles. The Hall–Kier alpha value is -2.90. The Balaban J connectivity index is 1.77. The van der Waals surface area contributed by atoms with Gasteiger partial charge in [-0.25, -0.2) is 0 Å². The van der Waals surface area contributed by atoms with Crippen LogP contribution in [0.3, 0.4) is 0 Å². The number of amides is 2. The van der Waals surface area contributed by atoms with E-state index in [-0.39, 0.29) is 23.8 Å². The fourth-order valence-electron chi connectivity index (χ4n) is 4.58. The monoisotopic (exact) mass is 609 g/mol. The number of aromatic nitrogens is 1. The van der Waals surface area contributed by atoms with E-state index in [0.29, 0.717) is 38.2 Å². The molecular formula is C33H44BrN3O3. The molecule has 0 aliphatic carbocycles. The highest BCUT2D eigenvalue weighted by molar-refractivity contribution is 9.10. The van der Waals surface area contributed by atoms with Gasteiger partial charge < -0.3 is 19.1 Å². The zero-order valence-corrected chi connectivity index (χ0v) is 26.2. The summed E-state index contributed by atoms with van der Waals surface area (Å²) < 4.78 is 8.48. The first kappa shape index (κ1) is 31.6. The molecule has 7 heteroatoms. The predicted octanol–water partition coefficient (Wildman–Crippen LogP) is 6.90. The maximum atomic E-state index is 13.7. The standard InChI is InChI=1S/C33H44BrN3O3/c1-6-7-19-36(24-30-10-8-20-35(30)23-26-11-17-29(34)18-12-26)31(38)25-37(21-9-22-40-5)32(39)27-13-15-28(16-14-27)33(2,3)4/h8,10-18,20H,6-7,9,19,21-25H2,1-5H3. The molecule has 6 nitrogen and oxygen atoms in total. The Morgan fingerprint density at radius 2 is 1.60 bits per heavy atom. The smallest absolute Gasteiger partial charge is 0.254 e. The van der Waals surface area contributed by atoms with Gasteiger partial charge in [0.05, 0.1) is 6.54 Å². The number of halogens is 1. The van der Waals surface area contributed by atoms with Crippen LogP contribution in [-0.4, -0.2) is 59.5 Å². The highest BCUT2D eigenvalue weighted by Gasteiger charge is 2.23. The number of hydrogen-bond donors (Lipinski definition) is 0. The van der Waals surface area contributed by atoms with Gasteiger partial charge in [0.25, 0.3) is 5.91 Å². The van der Waals surface area contributed by atoms with E-state index in [1.807, 2.05) is 47.4 Å². The molecule has 3 rings (SSSR count). The normalized spacial score (nSPS) is 11.4. The first-order valence-corrected chi connectivity index (χ1v) is 15.0. The lowest BCUT2D eigenvalue weighted by molar-refractivity contribution is -0.132. The topological polar surface area (TPSA) is 54.8 Å². The third kappa shape index (κ3) is 9.34. The Morgan fingerprint density at radius 1 is 0.925 bits per heavy atom. The van der Waals surface area contributed by atoms with E-state index in [2.05, 4.69) is 72.6 Å². The van der Waals surface area contributed by atoms with Crippen LogP contribution in [0.25, 0.3) is 0 Å². The van der Waals surface area contributed by atoms with E-state index < -0.39 is 0 Å². The molecule has 2 amide bonds. The van der Waals surface area contributed by atoms with E-state index in [0.717, 1.165) is 29.6 Å². The average molecular weight is 611 g/mol. The van der Waals surface area contributed by atoms with Gasteiger partial charge in [0.1, 0.15) is 6.54 Å². The Bertz CT molecular complexity index is 1210. The van der Waals surface area contributed by atoms with E-state index in [1.165, 1.54) is 11.1 Å². The number of rotatable bonds is 14. The van der Waals surface area contributed by atoms with Crippen molar-refractivity contribution in [1.29, 1.82) is 0 Å². The van der Waals surface area contributed by atoms with E-state index in [4.69, 9.17) is 4.74 Å². The Labute approximate surface area is 248 Å². The Morgan fingerprint density at radius 3 is 2.23 bits per heavy atom. The highest BCUT2D eigenvalue weighted by Crippen LogP contribution is 2.23. The molecule has 0 atom stereocenters. The summed E-state index contributed by atoms with van der Waals surface area (Å²) in [5, 5.41) is 0. The van der Waals surface area contributed by atoms with Gasteiger partial charge in [0, 0.05) is 55.3 Å². The summed E-state index contributed by atoms with van der Waals surface area (Å²) in [6, 6.07) is 20.2. The van der Waals surface area contributed by atoms with Crippen LogP contribution in [0.5, 0.6) is 0 Å². The van der Waals surface area contributed by atoms with Crippen molar-refractivity contribution in [2.24, 2.45) is 0 Å². The second-order valence-electron chi connectivity index (χ2n) is 11.3. The van der Waals surface area contributed by atoms with Crippen LogP contribution in [-0.2, 0) is 28.0 Å². The van der Waals surface area contributed by atoms with Crippen molar-refractivity contribution in [2.75, 3.05) is 33.4 Å². The molecule has 2 aromatic carbocycles. The molecule has 0 aliphatic rings. The van der Waals surface area contributed by atoms with Gasteiger partial charge in [0.15, 0.2) is 0 Å². The molecule has 0 N–H and O–H groups in total. The largest absolute Gasteiger partial charge is 0.385 e. The molecule has 1 heterocycles. The SMILES string of the molecule is CCCCN(Cc1cccn1Cc1ccc(Br)cc1)C(=O)CN(CCCOC)C(=O)c1ccc(C(C)(C)C)cc1. The third-order valence-electron chi connectivity index (χ3n) is 7.06. The minimum atomic E-state index is -0.126. The van der Waals surface area contributed by atoms with Crippen molar-refractivity contribution in [3.63, 3.8) is 0 Å². The van der Waals surface area contributed by atoms with Crippen LogP contribution in [0, 0.1) is 0 Å². The molecule has 0 fully saturated rings. The predicted molar refractivity (Wildman–Crippen MR) is 166 cm³/mol. The van der Waals surface area contributed by atoms with Crippen molar-refractivity contribution >= 4 is 27.7 Å². The average Bonchev–Trinajstić information content (AvgIpc) is 3.37. The van der Waals surface area contributed by atoms with Crippen molar-refractivity contribution in [3.05, 3.63) is 93.7 Å². The van der Waals surface area contributed by atoms with Crippen molar-refractivity contribution in [1.82, 2.24) is 14.4 Å². The number of unbranched alkanes of at least 4 members (excludes halogenated alkanes) is 1. The van der Waals surface area contributed by atoms with Crippen LogP contribution in [0.2, 0.25) is 0 Å². The number of hydrogen-bond acceptors (Lipinski definition) is 3. The molecule has 1 aromatic heterocycles. The van der Waals surface area contributed by atoms with Gasteiger partial charge in [-0.3, -0.25) is 9.59 Å². The van der Waals surface area contributed by atoms with Crippen LogP contribution < -0.4 is 0 Å². The summed E-state index contributed by atoms with van der Waals surface area (Å²) in [5.41, 5.74) is 4.04. The lowest BCUT2D eigenvalue weighted by Gasteiger charge is -2.28. The summed E-state index contributed by atoms with van der Waals surface area (Å²) in [7, 11) is 1.65. The molecule has 0 unspecified atom stereocenters. The Kier molecular flexibility index (Phi) is 12.0. The van der Waals surface area contributed by atoms with Crippen LogP contribution in [0.15, 0.2) is 71.3 Å². The van der Waals surface area contributed by atoms with Gasteiger partial charge in [-0.15, -0.1) is 0 Å². The summed E-state index contributed by atoms with van der Waals surface area (Å²) >= 11 is 3.50. The molecule has 0 aliphatic heterocycles. The number of ether oxygens (including phenoxy) is 1. The summed E-state index contributed by atoms with van der Waals surface area (Å²) in [4.78, 5) is 30.9.